The first-order valence-electron chi connectivity index (χ1n) is 34.5. The molecular weight excluding hydrogens is 1300 g/mol. The van der Waals surface area contributed by atoms with Gasteiger partial charge in [-0.25, -0.2) is 4.79 Å². The van der Waals surface area contributed by atoms with Crippen molar-refractivity contribution < 1.29 is 158 Å². The number of aliphatic hydroxyl groups is 17. The van der Waals surface area contributed by atoms with Gasteiger partial charge in [0.05, 0.1) is 49.1 Å². The molecule has 0 aromatic carbocycles. The summed E-state index contributed by atoms with van der Waals surface area (Å²) in [5.74, 6) is -3.11. The molecule has 0 spiro atoms. The first-order valence-corrected chi connectivity index (χ1v) is 34.5. The fraction of sp³-hybridized carbons (Fsp3) is 0.939. The molecule has 4 saturated carbocycles. The lowest BCUT2D eigenvalue weighted by Crippen LogP contribution is -2.69. The van der Waals surface area contributed by atoms with Crippen LogP contribution in [0.3, 0.4) is 0 Å². The second-order valence-electron chi connectivity index (χ2n) is 32.0. The second kappa shape index (κ2) is 28.1. The number of hydrogen-bond donors (Lipinski definition) is 18. The van der Waals surface area contributed by atoms with Crippen LogP contribution in [0.4, 0.5) is 0 Å². The Hall–Kier alpha value is -2.44. The first-order chi connectivity index (χ1) is 45.7. The van der Waals surface area contributed by atoms with Crippen LogP contribution in [0, 0.1) is 50.2 Å². The number of ether oxygens (including phenoxy) is 12. The summed E-state index contributed by atoms with van der Waals surface area (Å²) in [6.45, 7) is 17.3. The number of hydrogen-bond acceptors (Lipinski definition) is 31. The summed E-state index contributed by atoms with van der Waals surface area (Å²) in [5.41, 5.74) is -3.06. The highest BCUT2D eigenvalue weighted by Crippen LogP contribution is 2.76. The highest BCUT2D eigenvalue weighted by Gasteiger charge is 2.72. The number of esters is 1. The van der Waals surface area contributed by atoms with Gasteiger partial charge in [0.1, 0.15) is 116 Å². The van der Waals surface area contributed by atoms with Crippen molar-refractivity contribution in [2.24, 2.45) is 50.2 Å². The van der Waals surface area contributed by atoms with Gasteiger partial charge in [0.2, 0.25) is 6.29 Å². The summed E-state index contributed by atoms with van der Waals surface area (Å²) in [5, 5.41) is 198. The lowest BCUT2D eigenvalue weighted by Gasteiger charge is -2.71. The van der Waals surface area contributed by atoms with Crippen molar-refractivity contribution in [1.82, 2.24) is 0 Å². The van der Waals surface area contributed by atoms with Crippen molar-refractivity contribution in [2.45, 2.75) is 323 Å². The topological polar surface area (TPSA) is 509 Å². The Bertz CT molecular complexity index is 2840. The van der Waals surface area contributed by atoms with Gasteiger partial charge in [-0.2, -0.15) is 0 Å². The molecule has 562 valence electrons. The Kier molecular flexibility index (Phi) is 22.0. The number of carbonyl (C=O) groups is 2. The van der Waals surface area contributed by atoms with E-state index in [0.29, 0.717) is 51.4 Å². The van der Waals surface area contributed by atoms with Crippen LogP contribution in [0.15, 0.2) is 11.6 Å². The molecule has 32 nitrogen and oxygen atoms in total. The van der Waals surface area contributed by atoms with Crippen molar-refractivity contribution in [3.63, 3.8) is 0 Å². The minimum atomic E-state index is -2.17. The number of carboxylic acids is 1. The summed E-state index contributed by atoms with van der Waals surface area (Å²) in [6, 6.07) is 0. The zero-order valence-electron chi connectivity index (χ0n) is 56.8. The van der Waals surface area contributed by atoms with Crippen LogP contribution in [0.1, 0.15) is 127 Å². The molecule has 0 amide bonds. The normalized spacial score (nSPS) is 54.8. The Balaban J connectivity index is 0.824. The standard InChI is InChI=1S/C66H106O32/c1-23-33(70)37(74)43(80)54(87-23)92-47-25(3)89-56(45(82)42(47)79)95-50-39(76)35(72)29(21-67)91-58(50)98-60(86)66-17-15-61(4,5)19-27(66)26-11-12-32-63(8)20-28(69)52(62(6,7)31(63)13-14-65(32,10)64(26,9)16-18-66)97-59-51(41(78)40(77)49(94-59)53(84)85)96-57-46(83)48(36(73)30(22-68)90-57)93-55-44(81)38(75)34(71)24(2)88-55/h11,23-25,27-52,54-59,67-83H,12-22H2,1-10H3,(H,84,85)/t23-,24-,25-,27-,28-,29+,30+,31?,32?,33-,34-,35+,36+,37+,38+,39-,40-,41-,42-,43+,44+,45+,46+,47-,48-,49-,50+,51+,52-,54-,55-,56-,57-,58-,59-,63-,64+,65+,66-/m0/s1. The molecule has 18 N–H and O–H groups in total. The van der Waals surface area contributed by atoms with Crippen molar-refractivity contribution in [2.75, 3.05) is 13.2 Å². The van der Waals surface area contributed by atoms with Crippen molar-refractivity contribution in [3.8, 4) is 0 Å². The molecule has 10 fully saturated rings. The third-order valence-corrected chi connectivity index (χ3v) is 25.4. The van der Waals surface area contributed by atoms with Gasteiger partial charge in [0.15, 0.2) is 43.7 Å². The number of carboxylic acid groups (broad SMARTS) is 1. The van der Waals surface area contributed by atoms with Crippen LogP contribution in [-0.4, -0.2) is 314 Å². The molecule has 2 unspecified atom stereocenters. The van der Waals surface area contributed by atoms with Crippen LogP contribution in [-0.2, 0) is 66.4 Å². The Morgan fingerprint density at radius 1 is 0.469 bits per heavy atom. The zero-order chi connectivity index (χ0) is 71.9. The van der Waals surface area contributed by atoms with Crippen LogP contribution >= 0.6 is 0 Å². The molecule has 0 radical (unpaired) electrons. The summed E-state index contributed by atoms with van der Waals surface area (Å²) in [6.07, 6.45) is -48.1. The fourth-order valence-corrected chi connectivity index (χ4v) is 19.5. The number of aliphatic hydroxyl groups excluding tert-OH is 17. The van der Waals surface area contributed by atoms with Gasteiger partial charge in [-0.05, 0) is 123 Å². The van der Waals surface area contributed by atoms with Gasteiger partial charge < -0.3 is 149 Å². The number of rotatable bonds is 15. The van der Waals surface area contributed by atoms with E-state index < -0.39 is 255 Å². The molecule has 0 aromatic heterocycles. The summed E-state index contributed by atoms with van der Waals surface area (Å²) < 4.78 is 71.8. The SMILES string of the molecule is C[C@@H]1O[C@@H](O[C@@H]2[C@@H](O)[C@H](O[C@H]3[C@H](O[C@H]4[C@@H](O)C[C@@]5(C)C(CC[C@]6(C)C5CC=C5[C@@H]7CC(C)(C)CC[C@]7(C(=O)O[C@@H]7O[C@H](CO)[C@@H](O)[C@H](O)[C@H]7O[C@@H]7O[C@@H](C)[C@H](O[C@@H]8O[C@@H](C)[C@H](O)[C@@H](O)[C@H]8O)[C@@H](O)[C@H]7O)CC[C@]56C)C4(C)C)O[C@H](C(=O)O)[C@@H](O)[C@@H]3O)O[C@H](CO)[C@H]2O)[C@H](O)[C@H](O)[C@H]1O. The smallest absolute Gasteiger partial charge is 0.335 e. The summed E-state index contributed by atoms with van der Waals surface area (Å²) in [7, 11) is 0. The van der Waals surface area contributed by atoms with Crippen molar-refractivity contribution in [3.05, 3.63) is 11.6 Å². The van der Waals surface area contributed by atoms with Crippen LogP contribution < -0.4 is 0 Å². The monoisotopic (exact) mass is 1410 g/mol. The van der Waals surface area contributed by atoms with E-state index in [4.69, 9.17) is 56.8 Å². The van der Waals surface area contributed by atoms with Crippen LogP contribution in [0.25, 0.3) is 0 Å². The molecule has 39 atom stereocenters. The molecule has 11 rings (SSSR count). The van der Waals surface area contributed by atoms with E-state index in [9.17, 15) is 96.7 Å². The van der Waals surface area contributed by atoms with E-state index in [1.807, 2.05) is 13.8 Å². The van der Waals surface area contributed by atoms with Gasteiger partial charge in [-0.1, -0.05) is 60.1 Å². The minimum Gasteiger partial charge on any atom is -0.479 e. The molecule has 6 aliphatic heterocycles. The van der Waals surface area contributed by atoms with Gasteiger partial charge in [0, 0.05) is 0 Å². The average Bonchev–Trinajstić information content (AvgIpc) is 0.673. The van der Waals surface area contributed by atoms with E-state index >= 15 is 4.79 Å². The maximum atomic E-state index is 15.6. The van der Waals surface area contributed by atoms with E-state index in [2.05, 4.69) is 40.7 Å². The minimum absolute atomic E-state index is 0.106. The predicted octanol–water partition coefficient (Wildman–Crippen LogP) is -4.24. The molecule has 0 bridgehead atoms. The number of aliphatic carboxylic acids is 1. The van der Waals surface area contributed by atoms with E-state index in [1.165, 1.54) is 20.8 Å². The lowest BCUT2D eigenvalue weighted by atomic mass is 9.33. The largest absolute Gasteiger partial charge is 0.479 e. The fourth-order valence-electron chi connectivity index (χ4n) is 19.5. The molecule has 5 aliphatic carbocycles. The number of fused-ring (bicyclic) bond motifs is 7. The summed E-state index contributed by atoms with van der Waals surface area (Å²) >= 11 is 0. The Labute approximate surface area is 567 Å². The van der Waals surface area contributed by atoms with Gasteiger partial charge in [0.25, 0.3) is 0 Å². The molecule has 32 heteroatoms. The van der Waals surface area contributed by atoms with Gasteiger partial charge in [-0.3, -0.25) is 4.79 Å². The molecule has 6 saturated heterocycles. The average molecular weight is 1410 g/mol. The summed E-state index contributed by atoms with van der Waals surface area (Å²) in [4.78, 5) is 28.3. The van der Waals surface area contributed by atoms with Gasteiger partial charge in [-0.15, -0.1) is 0 Å². The van der Waals surface area contributed by atoms with Crippen molar-refractivity contribution >= 4 is 11.9 Å². The first kappa shape index (κ1) is 76.7. The molecule has 6 heterocycles. The van der Waals surface area contributed by atoms with Crippen molar-refractivity contribution in [1.29, 1.82) is 0 Å². The van der Waals surface area contributed by atoms with Gasteiger partial charge >= 0.3 is 11.9 Å². The number of carbonyl (C=O) groups excluding carboxylic acids is 1. The quantitative estimate of drug-likeness (QED) is 0.0420. The Morgan fingerprint density at radius 3 is 1.54 bits per heavy atom. The van der Waals surface area contributed by atoms with E-state index in [-0.39, 0.29) is 23.7 Å². The maximum Gasteiger partial charge on any atom is 0.335 e. The Morgan fingerprint density at radius 2 is 0.959 bits per heavy atom. The maximum absolute atomic E-state index is 15.6. The molecular formula is C66H106O32. The van der Waals surface area contributed by atoms with E-state index in [0.717, 1.165) is 5.57 Å². The molecule has 0 aromatic rings. The van der Waals surface area contributed by atoms with Crippen LogP contribution in [0.5, 0.6) is 0 Å². The molecule has 98 heavy (non-hydrogen) atoms. The molecule has 11 aliphatic rings. The number of allylic oxidation sites excluding steroid dienone is 2. The highest BCUT2D eigenvalue weighted by molar-refractivity contribution is 5.79. The van der Waals surface area contributed by atoms with Crippen LogP contribution in [0.2, 0.25) is 0 Å². The van der Waals surface area contributed by atoms with E-state index in [1.54, 1.807) is 0 Å². The zero-order valence-corrected chi connectivity index (χ0v) is 56.8. The lowest BCUT2D eigenvalue weighted by molar-refractivity contribution is -0.391. The third-order valence-electron chi connectivity index (χ3n) is 25.4. The third kappa shape index (κ3) is 12.9. The predicted molar refractivity (Wildman–Crippen MR) is 326 cm³/mol. The second-order valence-corrected chi connectivity index (χ2v) is 32.0. The highest BCUT2D eigenvalue weighted by atomic mass is 16.8.